The Bertz CT molecular complexity index is 564. The molecule has 21 heavy (non-hydrogen) atoms. The third-order valence-electron chi connectivity index (χ3n) is 3.54. The predicted molar refractivity (Wildman–Crippen MR) is 89.3 cm³/mol. The van der Waals surface area contributed by atoms with Crippen LogP contribution in [-0.2, 0) is 6.42 Å². The molecule has 112 valence electrons. The molecule has 0 spiro atoms. The Labute approximate surface area is 130 Å². The van der Waals surface area contributed by atoms with Crippen LogP contribution in [0.4, 0.5) is 11.6 Å². The van der Waals surface area contributed by atoms with E-state index in [-0.39, 0.29) is 0 Å². The zero-order valence-corrected chi connectivity index (χ0v) is 13.2. The zero-order valence-electron chi connectivity index (χ0n) is 12.4. The number of nitrogens with zero attached hydrogens (tertiary/aromatic N) is 2. The van der Waals surface area contributed by atoms with Crippen LogP contribution in [0.3, 0.4) is 0 Å². The molecule has 4 nitrogen and oxygen atoms in total. The van der Waals surface area contributed by atoms with E-state index in [1.165, 1.54) is 18.4 Å². The molecule has 0 radical (unpaired) electrons. The van der Waals surface area contributed by atoms with E-state index < -0.39 is 0 Å². The molecule has 1 aliphatic rings. The first-order valence-corrected chi connectivity index (χ1v) is 8.67. The van der Waals surface area contributed by atoms with Gasteiger partial charge in [0.15, 0.2) is 0 Å². The topological polar surface area (TPSA) is 49.8 Å². The van der Waals surface area contributed by atoms with Crippen LogP contribution >= 0.6 is 11.3 Å². The van der Waals surface area contributed by atoms with E-state index >= 15 is 0 Å². The number of thiophene rings is 1. The molecule has 1 saturated carbocycles. The number of aromatic nitrogens is 2. The van der Waals surface area contributed by atoms with Crippen molar-refractivity contribution in [1.29, 1.82) is 0 Å². The van der Waals surface area contributed by atoms with Crippen LogP contribution in [0, 0.1) is 0 Å². The smallest absolute Gasteiger partial charge is 0.136 e. The van der Waals surface area contributed by atoms with Gasteiger partial charge in [-0.3, -0.25) is 0 Å². The summed E-state index contributed by atoms with van der Waals surface area (Å²) in [6.45, 7) is 4.02. The molecule has 0 amide bonds. The summed E-state index contributed by atoms with van der Waals surface area (Å²) in [5.41, 5.74) is 1.38. The lowest BCUT2D eigenvalue weighted by Gasteiger charge is -2.10. The van der Waals surface area contributed by atoms with Crippen molar-refractivity contribution in [3.63, 3.8) is 0 Å². The molecule has 0 atom stereocenters. The molecule has 5 heteroatoms. The monoisotopic (exact) mass is 302 g/mol. The van der Waals surface area contributed by atoms with Crippen LogP contribution in [0.1, 0.15) is 43.5 Å². The van der Waals surface area contributed by atoms with Gasteiger partial charge in [0.1, 0.15) is 17.5 Å². The van der Waals surface area contributed by atoms with Crippen LogP contribution in [-0.4, -0.2) is 23.1 Å². The fraction of sp³-hybridized carbons (Fsp3) is 0.500. The van der Waals surface area contributed by atoms with Gasteiger partial charge >= 0.3 is 0 Å². The first kappa shape index (κ1) is 14.3. The van der Waals surface area contributed by atoms with Crippen molar-refractivity contribution in [2.75, 3.05) is 23.7 Å². The van der Waals surface area contributed by atoms with E-state index in [1.54, 1.807) is 11.3 Å². The van der Waals surface area contributed by atoms with Gasteiger partial charge in [-0.05, 0) is 48.1 Å². The first-order valence-electron chi connectivity index (χ1n) is 7.73. The highest BCUT2D eigenvalue weighted by Crippen LogP contribution is 2.38. The Morgan fingerprint density at radius 2 is 1.95 bits per heavy atom. The average Bonchev–Trinajstić information content (AvgIpc) is 3.23. The van der Waals surface area contributed by atoms with Gasteiger partial charge in [0.05, 0.1) is 0 Å². The normalized spacial score (nSPS) is 14.1. The summed E-state index contributed by atoms with van der Waals surface area (Å²) < 4.78 is 0. The number of anilines is 2. The molecule has 1 fully saturated rings. The van der Waals surface area contributed by atoms with E-state index in [0.717, 1.165) is 43.4 Å². The van der Waals surface area contributed by atoms with Crippen LogP contribution in [0.5, 0.6) is 0 Å². The second-order valence-corrected chi connectivity index (χ2v) is 6.29. The van der Waals surface area contributed by atoms with Gasteiger partial charge in [-0.25, -0.2) is 9.97 Å². The number of hydrogen-bond acceptors (Lipinski definition) is 5. The molecule has 0 aliphatic heterocycles. The average molecular weight is 302 g/mol. The van der Waals surface area contributed by atoms with Crippen LogP contribution in [0.15, 0.2) is 22.9 Å². The minimum Gasteiger partial charge on any atom is -0.370 e. The van der Waals surface area contributed by atoms with Gasteiger partial charge in [-0.2, -0.15) is 11.3 Å². The Balaban J connectivity index is 1.63. The zero-order chi connectivity index (χ0) is 14.5. The van der Waals surface area contributed by atoms with Crippen LogP contribution in [0.2, 0.25) is 0 Å². The van der Waals surface area contributed by atoms with Gasteiger partial charge < -0.3 is 10.6 Å². The molecule has 0 aromatic carbocycles. The van der Waals surface area contributed by atoms with Gasteiger partial charge in [-0.15, -0.1) is 0 Å². The SMILES string of the molecule is CCCNc1cc(NCCc2ccsc2)nc(C2CC2)n1. The fourth-order valence-electron chi connectivity index (χ4n) is 2.19. The molecule has 0 saturated heterocycles. The van der Waals surface area contributed by atoms with Crippen LogP contribution < -0.4 is 10.6 Å². The molecule has 1 aliphatic carbocycles. The summed E-state index contributed by atoms with van der Waals surface area (Å²) >= 11 is 1.75. The van der Waals surface area contributed by atoms with Crippen LogP contribution in [0.25, 0.3) is 0 Å². The maximum Gasteiger partial charge on any atom is 0.136 e. The third-order valence-corrected chi connectivity index (χ3v) is 4.27. The Morgan fingerprint density at radius 3 is 2.57 bits per heavy atom. The molecule has 3 rings (SSSR count). The second kappa shape index (κ2) is 6.89. The van der Waals surface area contributed by atoms with Gasteiger partial charge in [0.25, 0.3) is 0 Å². The van der Waals surface area contributed by atoms with Gasteiger partial charge in [0.2, 0.25) is 0 Å². The standard InChI is InChI=1S/C16H22N4S/c1-2-7-17-14-10-15(20-16(19-14)13-3-4-13)18-8-5-12-6-9-21-11-12/h6,9-11,13H,2-5,7-8H2,1H3,(H2,17,18,19,20). The molecule has 0 bridgehead atoms. The molecule has 2 heterocycles. The largest absolute Gasteiger partial charge is 0.370 e. The molecule has 2 aromatic rings. The molecular formula is C16H22N4S. The summed E-state index contributed by atoms with van der Waals surface area (Å²) in [5, 5.41) is 11.1. The lowest BCUT2D eigenvalue weighted by atomic mass is 10.2. The lowest BCUT2D eigenvalue weighted by Crippen LogP contribution is -2.10. The van der Waals surface area contributed by atoms with E-state index in [9.17, 15) is 0 Å². The number of rotatable bonds is 8. The van der Waals surface area contributed by atoms with Crippen molar-refractivity contribution in [3.8, 4) is 0 Å². The Kier molecular flexibility index (Phi) is 4.70. The summed E-state index contributed by atoms with van der Waals surface area (Å²) in [5.74, 6) is 3.47. The van der Waals surface area contributed by atoms with E-state index in [1.807, 2.05) is 6.07 Å². The summed E-state index contributed by atoms with van der Waals surface area (Å²) in [7, 11) is 0. The number of nitrogens with one attached hydrogen (secondary N) is 2. The molecule has 0 unspecified atom stereocenters. The van der Waals surface area contributed by atoms with E-state index in [4.69, 9.17) is 0 Å². The van der Waals surface area contributed by atoms with Gasteiger partial charge in [0, 0.05) is 25.1 Å². The quantitative estimate of drug-likeness (QED) is 0.776. The second-order valence-electron chi connectivity index (χ2n) is 5.51. The molecular weight excluding hydrogens is 280 g/mol. The van der Waals surface area contributed by atoms with Gasteiger partial charge in [-0.1, -0.05) is 6.92 Å². The Morgan fingerprint density at radius 1 is 1.19 bits per heavy atom. The van der Waals surface area contributed by atoms with Crippen molar-refractivity contribution in [3.05, 3.63) is 34.3 Å². The molecule has 2 N–H and O–H groups in total. The number of hydrogen-bond donors (Lipinski definition) is 2. The van der Waals surface area contributed by atoms with Crippen molar-refractivity contribution in [2.24, 2.45) is 0 Å². The maximum absolute atomic E-state index is 4.66. The highest BCUT2D eigenvalue weighted by molar-refractivity contribution is 7.07. The highest BCUT2D eigenvalue weighted by Gasteiger charge is 2.27. The lowest BCUT2D eigenvalue weighted by molar-refractivity contribution is 0.901. The minimum atomic E-state index is 0.575. The Hall–Kier alpha value is -1.62. The van der Waals surface area contributed by atoms with Crippen molar-refractivity contribution < 1.29 is 0 Å². The first-order chi connectivity index (χ1) is 10.3. The third kappa shape index (κ3) is 4.17. The maximum atomic E-state index is 4.66. The highest BCUT2D eigenvalue weighted by atomic mass is 32.1. The fourth-order valence-corrected chi connectivity index (χ4v) is 2.90. The summed E-state index contributed by atoms with van der Waals surface area (Å²) in [4.78, 5) is 9.29. The predicted octanol–water partition coefficient (Wildman–Crippen LogP) is 3.89. The van der Waals surface area contributed by atoms with E-state index in [0.29, 0.717) is 5.92 Å². The summed E-state index contributed by atoms with van der Waals surface area (Å²) in [6.07, 6.45) is 4.59. The van der Waals surface area contributed by atoms with Crippen molar-refractivity contribution in [1.82, 2.24) is 9.97 Å². The van der Waals surface area contributed by atoms with Crippen molar-refractivity contribution in [2.45, 2.75) is 38.5 Å². The van der Waals surface area contributed by atoms with Crippen molar-refractivity contribution >= 4 is 23.0 Å². The minimum absolute atomic E-state index is 0.575. The summed E-state index contributed by atoms with van der Waals surface area (Å²) in [6, 6.07) is 4.20. The van der Waals surface area contributed by atoms with E-state index in [2.05, 4.69) is 44.4 Å². The molecule has 2 aromatic heterocycles.